The van der Waals surface area contributed by atoms with Crippen molar-refractivity contribution in [1.82, 2.24) is 9.55 Å². The highest BCUT2D eigenvalue weighted by atomic mass is 16.3. The largest absolute Gasteiger partial charge is 0.508 e. The lowest BCUT2D eigenvalue weighted by atomic mass is 9.85. The third-order valence-corrected chi connectivity index (χ3v) is 6.53. The van der Waals surface area contributed by atoms with Gasteiger partial charge < -0.3 is 19.7 Å². The number of hydrogen-bond donors (Lipinski definition) is 2. The Morgan fingerprint density at radius 3 is 2.71 bits per heavy atom. The van der Waals surface area contributed by atoms with Gasteiger partial charge in [-0.3, -0.25) is 9.79 Å². The molecule has 2 aliphatic heterocycles. The summed E-state index contributed by atoms with van der Waals surface area (Å²) < 4.78 is 1.95. The first-order valence-electron chi connectivity index (χ1n) is 11.2. The van der Waals surface area contributed by atoms with Gasteiger partial charge in [-0.25, -0.2) is 4.98 Å². The van der Waals surface area contributed by atoms with E-state index in [4.69, 9.17) is 4.99 Å². The van der Waals surface area contributed by atoms with E-state index in [2.05, 4.69) is 23.7 Å². The SMILES string of the molecule is C=C1N=C(c2ccc3c(c2)CCC(C)(C)N3C(=O)c2ccc(O)cc2O)C=CC1n1ccnc1. The molecule has 0 bridgehead atoms. The molecule has 5 rings (SSSR count). The van der Waals surface area contributed by atoms with Crippen LogP contribution in [0.25, 0.3) is 0 Å². The van der Waals surface area contributed by atoms with E-state index >= 15 is 0 Å². The molecular formula is C27H26N4O3. The zero-order chi connectivity index (χ0) is 24.0. The number of carbonyl (C=O) groups excluding carboxylic acids is 1. The van der Waals surface area contributed by atoms with Gasteiger partial charge in [-0.15, -0.1) is 0 Å². The van der Waals surface area contributed by atoms with Gasteiger partial charge in [-0.1, -0.05) is 18.7 Å². The maximum Gasteiger partial charge on any atom is 0.262 e. The summed E-state index contributed by atoms with van der Waals surface area (Å²) in [5.74, 6) is -0.630. The summed E-state index contributed by atoms with van der Waals surface area (Å²) in [5.41, 5.74) is 4.08. The van der Waals surface area contributed by atoms with Crippen molar-refractivity contribution in [2.75, 3.05) is 4.90 Å². The van der Waals surface area contributed by atoms with E-state index in [9.17, 15) is 15.0 Å². The number of allylic oxidation sites excluding steroid dienone is 2. The molecule has 0 aliphatic carbocycles. The van der Waals surface area contributed by atoms with E-state index in [0.717, 1.165) is 41.1 Å². The van der Waals surface area contributed by atoms with Crippen LogP contribution in [0.2, 0.25) is 0 Å². The van der Waals surface area contributed by atoms with Crippen molar-refractivity contribution in [2.45, 2.75) is 38.3 Å². The Balaban J connectivity index is 1.48. The van der Waals surface area contributed by atoms with E-state index in [-0.39, 0.29) is 29.0 Å². The number of anilines is 1. The van der Waals surface area contributed by atoms with Crippen molar-refractivity contribution in [1.29, 1.82) is 0 Å². The van der Waals surface area contributed by atoms with Crippen LogP contribution in [0.15, 0.2) is 84.5 Å². The number of phenols is 2. The van der Waals surface area contributed by atoms with Crippen LogP contribution in [0, 0.1) is 0 Å². The molecule has 1 atom stereocenters. The number of benzene rings is 2. The van der Waals surface area contributed by atoms with Gasteiger partial charge in [0.15, 0.2) is 0 Å². The lowest BCUT2D eigenvalue weighted by Crippen LogP contribution is -2.51. The van der Waals surface area contributed by atoms with Crippen molar-refractivity contribution < 1.29 is 15.0 Å². The van der Waals surface area contributed by atoms with Gasteiger partial charge in [0.2, 0.25) is 0 Å². The summed E-state index contributed by atoms with van der Waals surface area (Å²) in [4.78, 5) is 24.1. The second-order valence-corrected chi connectivity index (χ2v) is 9.30. The topological polar surface area (TPSA) is 91.0 Å². The number of amides is 1. The molecule has 2 aromatic carbocycles. The Kier molecular flexibility index (Phi) is 5.12. The van der Waals surface area contributed by atoms with Crippen molar-refractivity contribution >= 4 is 17.3 Å². The van der Waals surface area contributed by atoms with Crippen LogP contribution < -0.4 is 4.90 Å². The summed E-state index contributed by atoms with van der Waals surface area (Å²) in [6.07, 6.45) is 11.0. The summed E-state index contributed by atoms with van der Waals surface area (Å²) >= 11 is 0. The van der Waals surface area contributed by atoms with Crippen LogP contribution in [0.3, 0.4) is 0 Å². The maximum atomic E-state index is 13.5. The van der Waals surface area contributed by atoms with Crippen LogP contribution in [-0.2, 0) is 6.42 Å². The smallest absolute Gasteiger partial charge is 0.262 e. The Hall–Kier alpha value is -4.13. The number of phenolic OH excluding ortho intramolecular Hbond substituents is 2. The Bertz CT molecular complexity index is 1350. The summed E-state index contributed by atoms with van der Waals surface area (Å²) in [6.45, 7) is 8.18. The molecule has 3 aromatic rings. The van der Waals surface area contributed by atoms with E-state index in [0.29, 0.717) is 0 Å². The van der Waals surface area contributed by atoms with Crippen molar-refractivity contribution in [3.8, 4) is 11.5 Å². The second-order valence-electron chi connectivity index (χ2n) is 9.30. The van der Waals surface area contributed by atoms with Crippen molar-refractivity contribution in [2.24, 2.45) is 4.99 Å². The molecule has 1 aromatic heterocycles. The molecule has 0 fully saturated rings. The zero-order valence-corrected chi connectivity index (χ0v) is 19.1. The quantitative estimate of drug-likeness (QED) is 0.596. The van der Waals surface area contributed by atoms with Gasteiger partial charge in [-0.2, -0.15) is 0 Å². The third kappa shape index (κ3) is 3.69. The highest BCUT2D eigenvalue weighted by molar-refractivity contribution is 6.12. The molecule has 172 valence electrons. The van der Waals surface area contributed by atoms with Gasteiger partial charge in [0.25, 0.3) is 5.91 Å². The molecule has 0 saturated heterocycles. The minimum atomic E-state index is -0.440. The second kappa shape index (κ2) is 8.02. The highest BCUT2D eigenvalue weighted by Crippen LogP contribution is 2.40. The van der Waals surface area contributed by atoms with E-state index < -0.39 is 5.54 Å². The Morgan fingerprint density at radius 1 is 1.18 bits per heavy atom. The van der Waals surface area contributed by atoms with Gasteiger partial charge >= 0.3 is 0 Å². The number of nitrogens with zero attached hydrogens (tertiary/aromatic N) is 4. The average molecular weight is 455 g/mol. The predicted molar refractivity (Wildman–Crippen MR) is 132 cm³/mol. The number of rotatable bonds is 3. The Labute approximate surface area is 198 Å². The molecule has 2 N–H and O–H groups in total. The fourth-order valence-electron chi connectivity index (χ4n) is 4.66. The number of imidazole rings is 1. The number of hydrogen-bond acceptors (Lipinski definition) is 5. The zero-order valence-electron chi connectivity index (χ0n) is 19.1. The van der Waals surface area contributed by atoms with E-state index in [1.54, 1.807) is 17.4 Å². The molecule has 7 heteroatoms. The first-order valence-corrected chi connectivity index (χ1v) is 11.2. The fourth-order valence-corrected chi connectivity index (χ4v) is 4.66. The molecule has 34 heavy (non-hydrogen) atoms. The number of aliphatic imine (C=N–C) groups is 1. The van der Waals surface area contributed by atoms with Crippen LogP contribution >= 0.6 is 0 Å². The number of carbonyl (C=O) groups is 1. The monoisotopic (exact) mass is 454 g/mol. The molecule has 7 nitrogen and oxygen atoms in total. The van der Waals surface area contributed by atoms with Crippen LogP contribution in [-0.4, -0.2) is 36.9 Å². The molecule has 2 aliphatic rings. The molecule has 0 radical (unpaired) electrons. The number of fused-ring (bicyclic) bond motifs is 1. The molecule has 1 amide bonds. The molecule has 0 saturated carbocycles. The number of aryl methyl sites for hydroxylation is 1. The van der Waals surface area contributed by atoms with E-state index in [1.165, 1.54) is 18.2 Å². The van der Waals surface area contributed by atoms with Crippen LogP contribution in [0.5, 0.6) is 11.5 Å². The number of dihydropyridines is 1. The fraction of sp³-hybridized carbons (Fsp3) is 0.222. The van der Waals surface area contributed by atoms with Gasteiger partial charge in [-0.05, 0) is 62.6 Å². The first-order chi connectivity index (χ1) is 16.2. The number of aromatic nitrogens is 2. The van der Waals surface area contributed by atoms with Gasteiger partial charge in [0.05, 0.1) is 29.3 Å². The summed E-state index contributed by atoms with van der Waals surface area (Å²) in [6, 6.07) is 9.98. The van der Waals surface area contributed by atoms with Crippen molar-refractivity contribution in [3.05, 3.63) is 96.2 Å². The number of aromatic hydroxyl groups is 2. The summed E-state index contributed by atoms with van der Waals surface area (Å²) in [5, 5.41) is 19.9. The normalized spacial score (nSPS) is 19.0. The van der Waals surface area contributed by atoms with Crippen LogP contribution in [0.4, 0.5) is 5.69 Å². The lowest BCUT2D eigenvalue weighted by molar-refractivity contribution is 0.0953. The van der Waals surface area contributed by atoms with Gasteiger partial charge in [0.1, 0.15) is 11.5 Å². The third-order valence-electron chi connectivity index (χ3n) is 6.53. The maximum absolute atomic E-state index is 13.5. The minimum Gasteiger partial charge on any atom is -0.508 e. The summed E-state index contributed by atoms with van der Waals surface area (Å²) in [7, 11) is 0. The Morgan fingerprint density at radius 2 is 2.00 bits per heavy atom. The van der Waals surface area contributed by atoms with Gasteiger partial charge in [0, 0.05) is 35.2 Å². The molecule has 3 heterocycles. The van der Waals surface area contributed by atoms with E-state index in [1.807, 2.05) is 42.8 Å². The first kappa shape index (κ1) is 21.7. The molecule has 0 spiro atoms. The lowest BCUT2D eigenvalue weighted by Gasteiger charge is -2.43. The molecule has 1 unspecified atom stereocenters. The predicted octanol–water partition coefficient (Wildman–Crippen LogP) is 4.78. The van der Waals surface area contributed by atoms with Crippen LogP contribution in [0.1, 0.15) is 47.8 Å². The standard InChI is InChI=1S/C27H26N4O3/c1-17-23(30-13-12-28-16-30)9-7-22(29-17)18-4-8-24-19(14-18)10-11-27(2,3)31(24)26(34)21-6-5-20(32)15-25(21)33/h4-9,12-16,23,32-33H,1,10-11H2,2-3H3. The average Bonchev–Trinajstić information content (AvgIpc) is 3.32. The highest BCUT2D eigenvalue weighted by Gasteiger charge is 2.38. The minimum absolute atomic E-state index is 0.0595. The van der Waals surface area contributed by atoms with Crippen molar-refractivity contribution in [3.63, 3.8) is 0 Å². The molecular weight excluding hydrogens is 428 g/mol.